The van der Waals surface area contributed by atoms with Gasteiger partial charge in [0.25, 0.3) is 0 Å². The maximum Gasteiger partial charge on any atom is 0.394 e. The van der Waals surface area contributed by atoms with E-state index in [1.54, 1.807) is 0 Å². The summed E-state index contributed by atoms with van der Waals surface area (Å²) in [6.45, 7) is 2.60. The molecule has 11 heavy (non-hydrogen) atoms. The van der Waals surface area contributed by atoms with Gasteiger partial charge in [-0.25, -0.2) is 0 Å². The predicted molar refractivity (Wildman–Crippen MR) is 37.2 cm³/mol. The van der Waals surface area contributed by atoms with E-state index in [-0.39, 0.29) is 5.92 Å². The Bertz CT molecular complexity index is 142. The van der Waals surface area contributed by atoms with Crippen LogP contribution in [0.1, 0.15) is 33.1 Å². The molecule has 0 heterocycles. The lowest BCUT2D eigenvalue weighted by Crippen LogP contribution is -2.42. The third-order valence-corrected chi connectivity index (χ3v) is 2.86. The molecule has 0 aromatic heterocycles. The molecule has 0 saturated heterocycles. The fraction of sp³-hybridized carbons (Fsp3) is 1.00. The Morgan fingerprint density at radius 1 is 1.09 bits per heavy atom. The SMILES string of the molecule is CC(C)(C1CCC1)C(F)(F)F. The van der Waals surface area contributed by atoms with Gasteiger partial charge in [0, 0.05) is 0 Å². The first-order chi connectivity index (χ1) is 4.86. The number of hydrogen-bond acceptors (Lipinski definition) is 0. The van der Waals surface area contributed by atoms with Crippen molar-refractivity contribution < 1.29 is 13.2 Å². The molecule has 0 spiro atoms. The van der Waals surface area contributed by atoms with Gasteiger partial charge in [0.2, 0.25) is 0 Å². The highest BCUT2D eigenvalue weighted by atomic mass is 19.4. The molecule has 0 aromatic carbocycles. The van der Waals surface area contributed by atoms with Crippen molar-refractivity contribution in [2.75, 3.05) is 0 Å². The molecular weight excluding hydrogens is 153 g/mol. The molecule has 1 aliphatic rings. The normalized spacial score (nSPS) is 21.5. The lowest BCUT2D eigenvalue weighted by atomic mass is 9.67. The summed E-state index contributed by atoms with van der Waals surface area (Å²) >= 11 is 0. The Hall–Kier alpha value is -0.210. The fourth-order valence-electron chi connectivity index (χ4n) is 1.36. The van der Waals surface area contributed by atoms with E-state index in [0.717, 1.165) is 19.3 Å². The van der Waals surface area contributed by atoms with Crippen molar-refractivity contribution >= 4 is 0 Å². The van der Waals surface area contributed by atoms with Gasteiger partial charge in [0.15, 0.2) is 0 Å². The van der Waals surface area contributed by atoms with Crippen LogP contribution in [0.4, 0.5) is 13.2 Å². The van der Waals surface area contributed by atoms with Crippen LogP contribution in [-0.4, -0.2) is 6.18 Å². The van der Waals surface area contributed by atoms with E-state index in [2.05, 4.69) is 0 Å². The largest absolute Gasteiger partial charge is 0.394 e. The molecule has 66 valence electrons. The van der Waals surface area contributed by atoms with E-state index >= 15 is 0 Å². The third-order valence-electron chi connectivity index (χ3n) is 2.86. The van der Waals surface area contributed by atoms with Crippen LogP contribution in [0.2, 0.25) is 0 Å². The second kappa shape index (κ2) is 2.39. The number of hydrogen-bond donors (Lipinski definition) is 0. The summed E-state index contributed by atoms with van der Waals surface area (Å²) in [5.41, 5.74) is -1.47. The Morgan fingerprint density at radius 2 is 1.55 bits per heavy atom. The van der Waals surface area contributed by atoms with Crippen LogP contribution in [0, 0.1) is 11.3 Å². The molecule has 1 saturated carbocycles. The van der Waals surface area contributed by atoms with Crippen molar-refractivity contribution in [3.8, 4) is 0 Å². The van der Waals surface area contributed by atoms with E-state index < -0.39 is 11.6 Å². The smallest absolute Gasteiger partial charge is 0.171 e. The molecule has 3 heteroatoms. The summed E-state index contributed by atoms with van der Waals surface area (Å²) in [6.07, 6.45) is -1.58. The van der Waals surface area contributed by atoms with E-state index in [4.69, 9.17) is 0 Å². The predicted octanol–water partition coefficient (Wildman–Crippen LogP) is 3.38. The molecule has 0 aliphatic heterocycles. The zero-order chi connectivity index (χ0) is 8.70. The summed E-state index contributed by atoms with van der Waals surface area (Å²) in [7, 11) is 0. The van der Waals surface area contributed by atoms with Gasteiger partial charge in [-0.2, -0.15) is 13.2 Å². The quantitative estimate of drug-likeness (QED) is 0.560. The fourth-order valence-corrected chi connectivity index (χ4v) is 1.36. The van der Waals surface area contributed by atoms with Gasteiger partial charge < -0.3 is 0 Å². The maximum absolute atomic E-state index is 12.3. The Kier molecular flexibility index (Phi) is 1.93. The van der Waals surface area contributed by atoms with Crippen molar-refractivity contribution in [1.82, 2.24) is 0 Å². The second-order valence-corrected chi connectivity index (χ2v) is 3.85. The number of rotatable bonds is 1. The molecule has 0 bridgehead atoms. The maximum atomic E-state index is 12.3. The average Bonchev–Trinajstić information content (AvgIpc) is 1.53. The molecule has 0 atom stereocenters. The molecular formula is C8H13F3. The van der Waals surface area contributed by atoms with Crippen LogP contribution >= 0.6 is 0 Å². The minimum absolute atomic E-state index is 0.137. The minimum atomic E-state index is -4.03. The lowest BCUT2D eigenvalue weighted by Gasteiger charge is -2.41. The van der Waals surface area contributed by atoms with E-state index in [9.17, 15) is 13.2 Å². The zero-order valence-corrected chi connectivity index (χ0v) is 6.83. The van der Waals surface area contributed by atoms with E-state index in [1.165, 1.54) is 13.8 Å². The molecule has 0 aromatic rings. The summed E-state index contributed by atoms with van der Waals surface area (Å²) < 4.78 is 36.9. The minimum Gasteiger partial charge on any atom is -0.171 e. The van der Waals surface area contributed by atoms with Crippen LogP contribution in [0.3, 0.4) is 0 Å². The van der Waals surface area contributed by atoms with Gasteiger partial charge >= 0.3 is 6.18 Å². The summed E-state index contributed by atoms with van der Waals surface area (Å²) in [4.78, 5) is 0. The lowest BCUT2D eigenvalue weighted by molar-refractivity contribution is -0.237. The molecule has 0 N–H and O–H groups in total. The monoisotopic (exact) mass is 166 g/mol. The number of halogens is 3. The van der Waals surface area contributed by atoms with Crippen LogP contribution < -0.4 is 0 Å². The van der Waals surface area contributed by atoms with Crippen molar-refractivity contribution in [3.63, 3.8) is 0 Å². The van der Waals surface area contributed by atoms with Crippen LogP contribution in [0.5, 0.6) is 0 Å². The zero-order valence-electron chi connectivity index (χ0n) is 6.83. The Labute approximate surface area is 64.8 Å². The first-order valence-electron chi connectivity index (χ1n) is 3.92. The van der Waals surface area contributed by atoms with E-state index in [0.29, 0.717) is 0 Å². The second-order valence-electron chi connectivity index (χ2n) is 3.85. The average molecular weight is 166 g/mol. The first-order valence-corrected chi connectivity index (χ1v) is 3.92. The Balaban J connectivity index is 2.64. The highest BCUT2D eigenvalue weighted by Crippen LogP contribution is 2.50. The van der Waals surface area contributed by atoms with Gasteiger partial charge in [-0.1, -0.05) is 20.3 Å². The molecule has 1 aliphatic carbocycles. The van der Waals surface area contributed by atoms with Gasteiger partial charge in [0.1, 0.15) is 0 Å². The third kappa shape index (κ3) is 1.37. The van der Waals surface area contributed by atoms with Gasteiger partial charge in [-0.15, -0.1) is 0 Å². The molecule has 0 radical (unpaired) electrons. The summed E-state index contributed by atoms with van der Waals surface area (Å²) in [5.74, 6) is -0.137. The van der Waals surface area contributed by atoms with Crippen molar-refractivity contribution in [2.24, 2.45) is 11.3 Å². The topological polar surface area (TPSA) is 0 Å². The molecule has 0 nitrogen and oxygen atoms in total. The molecule has 0 amide bonds. The number of alkyl halides is 3. The van der Waals surface area contributed by atoms with Crippen molar-refractivity contribution in [3.05, 3.63) is 0 Å². The standard InChI is InChI=1S/C8H13F3/c1-7(2,8(9,10)11)6-4-3-5-6/h6H,3-5H2,1-2H3. The van der Waals surface area contributed by atoms with Crippen molar-refractivity contribution in [2.45, 2.75) is 39.3 Å². The van der Waals surface area contributed by atoms with Gasteiger partial charge in [-0.05, 0) is 18.8 Å². The summed E-state index contributed by atoms with van der Waals surface area (Å²) in [6, 6.07) is 0. The van der Waals surface area contributed by atoms with Crippen LogP contribution in [0.25, 0.3) is 0 Å². The van der Waals surface area contributed by atoms with Crippen molar-refractivity contribution in [1.29, 1.82) is 0 Å². The van der Waals surface area contributed by atoms with E-state index in [1.807, 2.05) is 0 Å². The molecule has 1 rings (SSSR count). The molecule has 1 fully saturated rings. The van der Waals surface area contributed by atoms with Gasteiger partial charge in [0.05, 0.1) is 5.41 Å². The summed E-state index contributed by atoms with van der Waals surface area (Å²) in [5, 5.41) is 0. The Morgan fingerprint density at radius 3 is 1.64 bits per heavy atom. The molecule has 0 unspecified atom stereocenters. The highest BCUT2D eigenvalue weighted by molar-refractivity contribution is 4.89. The highest BCUT2D eigenvalue weighted by Gasteiger charge is 2.53. The first kappa shape index (κ1) is 8.88. The van der Waals surface area contributed by atoms with Gasteiger partial charge in [-0.3, -0.25) is 0 Å². The van der Waals surface area contributed by atoms with Crippen LogP contribution in [-0.2, 0) is 0 Å². The van der Waals surface area contributed by atoms with Crippen LogP contribution in [0.15, 0.2) is 0 Å².